The van der Waals surface area contributed by atoms with Crippen LogP contribution in [0, 0.1) is 5.92 Å². The number of methoxy groups -OCH3 is 1. The zero-order valence-electron chi connectivity index (χ0n) is 11.2. The van der Waals surface area contributed by atoms with Gasteiger partial charge in [0.05, 0.1) is 7.11 Å². The van der Waals surface area contributed by atoms with Crippen LogP contribution in [0.3, 0.4) is 0 Å². The molecule has 0 bridgehead atoms. The van der Waals surface area contributed by atoms with Gasteiger partial charge in [0.15, 0.2) is 0 Å². The molecule has 0 saturated heterocycles. The van der Waals surface area contributed by atoms with Crippen LogP contribution in [0.25, 0.3) is 0 Å². The Morgan fingerprint density at radius 2 is 2.22 bits per heavy atom. The van der Waals surface area contributed by atoms with Crippen molar-refractivity contribution in [3.05, 3.63) is 28.8 Å². The predicted octanol–water partition coefficient (Wildman–Crippen LogP) is 3.84. The van der Waals surface area contributed by atoms with Crippen LogP contribution in [0.15, 0.2) is 18.2 Å². The van der Waals surface area contributed by atoms with Gasteiger partial charge < -0.3 is 10.1 Å². The van der Waals surface area contributed by atoms with E-state index in [1.54, 1.807) is 7.11 Å². The van der Waals surface area contributed by atoms with Crippen LogP contribution in [-0.4, -0.2) is 20.2 Å². The Kier molecular flexibility index (Phi) is 4.90. The van der Waals surface area contributed by atoms with Gasteiger partial charge in [0.1, 0.15) is 5.75 Å². The van der Waals surface area contributed by atoms with Gasteiger partial charge in [0.25, 0.3) is 0 Å². The fourth-order valence-electron chi connectivity index (χ4n) is 3.02. The molecule has 1 fully saturated rings. The van der Waals surface area contributed by atoms with E-state index in [1.165, 1.54) is 24.8 Å². The minimum atomic E-state index is 0.581. The van der Waals surface area contributed by atoms with E-state index in [4.69, 9.17) is 16.3 Å². The number of rotatable bonds is 5. The molecular formula is C15H22ClNO. The summed E-state index contributed by atoms with van der Waals surface area (Å²) in [6, 6.07) is 5.97. The third-order valence-electron chi connectivity index (χ3n) is 3.91. The van der Waals surface area contributed by atoms with Gasteiger partial charge in [0, 0.05) is 5.02 Å². The summed E-state index contributed by atoms with van der Waals surface area (Å²) in [6.45, 7) is 4.29. The summed E-state index contributed by atoms with van der Waals surface area (Å²) in [5, 5.41) is 4.27. The first kappa shape index (κ1) is 13.7. The Morgan fingerprint density at radius 3 is 2.94 bits per heavy atom. The van der Waals surface area contributed by atoms with Crippen LogP contribution in [0.5, 0.6) is 5.75 Å². The van der Waals surface area contributed by atoms with Crippen molar-refractivity contribution in [3.8, 4) is 5.75 Å². The molecule has 0 amide bonds. The molecule has 0 heterocycles. The molecule has 1 aliphatic rings. The molecule has 1 aromatic carbocycles. The predicted molar refractivity (Wildman–Crippen MR) is 76.6 cm³/mol. The lowest BCUT2D eigenvalue weighted by Crippen LogP contribution is -2.24. The molecule has 2 rings (SSSR count). The van der Waals surface area contributed by atoms with Gasteiger partial charge in [-0.15, -0.1) is 0 Å². The zero-order valence-corrected chi connectivity index (χ0v) is 12.0. The highest BCUT2D eigenvalue weighted by Crippen LogP contribution is 2.43. The Hall–Kier alpha value is -0.730. The molecule has 100 valence electrons. The molecule has 18 heavy (non-hydrogen) atoms. The van der Waals surface area contributed by atoms with E-state index in [-0.39, 0.29) is 0 Å². The topological polar surface area (TPSA) is 21.3 Å². The second-order valence-electron chi connectivity index (χ2n) is 4.99. The van der Waals surface area contributed by atoms with E-state index in [2.05, 4.69) is 18.3 Å². The fraction of sp³-hybridized carbons (Fsp3) is 0.600. The highest BCUT2D eigenvalue weighted by Gasteiger charge is 2.30. The SMILES string of the molecule is CCNCC1CCCC1c1cc(Cl)ccc1OC. The van der Waals surface area contributed by atoms with Gasteiger partial charge in [-0.3, -0.25) is 0 Å². The van der Waals surface area contributed by atoms with Crippen LogP contribution >= 0.6 is 11.6 Å². The molecule has 1 aromatic rings. The first-order valence-corrected chi connectivity index (χ1v) is 7.18. The molecule has 0 aliphatic heterocycles. The average molecular weight is 268 g/mol. The quantitative estimate of drug-likeness (QED) is 0.875. The van der Waals surface area contributed by atoms with Crippen LogP contribution < -0.4 is 10.1 Å². The minimum absolute atomic E-state index is 0.581. The maximum atomic E-state index is 6.13. The highest BCUT2D eigenvalue weighted by molar-refractivity contribution is 6.30. The van der Waals surface area contributed by atoms with Crippen molar-refractivity contribution in [3.63, 3.8) is 0 Å². The molecular weight excluding hydrogens is 246 g/mol. The largest absolute Gasteiger partial charge is 0.496 e. The maximum absolute atomic E-state index is 6.13. The first-order chi connectivity index (χ1) is 8.76. The van der Waals surface area contributed by atoms with Gasteiger partial charge in [-0.05, 0) is 61.5 Å². The number of hydrogen-bond donors (Lipinski definition) is 1. The Balaban J connectivity index is 2.20. The number of hydrogen-bond acceptors (Lipinski definition) is 2. The third kappa shape index (κ3) is 2.99. The van der Waals surface area contributed by atoms with Crippen molar-refractivity contribution in [1.82, 2.24) is 5.32 Å². The van der Waals surface area contributed by atoms with Gasteiger partial charge in [0.2, 0.25) is 0 Å². The van der Waals surface area contributed by atoms with Crippen molar-refractivity contribution in [1.29, 1.82) is 0 Å². The fourth-order valence-corrected chi connectivity index (χ4v) is 3.20. The summed E-state index contributed by atoms with van der Waals surface area (Å²) in [7, 11) is 1.74. The van der Waals surface area contributed by atoms with E-state index in [0.29, 0.717) is 11.8 Å². The molecule has 1 N–H and O–H groups in total. The summed E-state index contributed by atoms with van der Waals surface area (Å²) in [5.74, 6) is 2.27. The maximum Gasteiger partial charge on any atom is 0.122 e. The average Bonchev–Trinajstić information content (AvgIpc) is 2.84. The van der Waals surface area contributed by atoms with Crippen LogP contribution in [0.2, 0.25) is 5.02 Å². The number of ether oxygens (including phenoxy) is 1. The number of nitrogens with one attached hydrogen (secondary N) is 1. The van der Waals surface area contributed by atoms with Crippen molar-refractivity contribution in [2.75, 3.05) is 20.2 Å². The molecule has 1 aliphatic carbocycles. The Bertz CT molecular complexity index is 394. The van der Waals surface area contributed by atoms with Gasteiger partial charge >= 0.3 is 0 Å². The van der Waals surface area contributed by atoms with Gasteiger partial charge in [-0.1, -0.05) is 24.9 Å². The zero-order chi connectivity index (χ0) is 13.0. The second-order valence-corrected chi connectivity index (χ2v) is 5.43. The van der Waals surface area contributed by atoms with E-state index < -0.39 is 0 Å². The van der Waals surface area contributed by atoms with E-state index >= 15 is 0 Å². The molecule has 2 unspecified atom stereocenters. The smallest absolute Gasteiger partial charge is 0.122 e. The summed E-state index contributed by atoms with van der Waals surface area (Å²) in [6.07, 6.45) is 3.84. The molecule has 0 spiro atoms. The Labute approximate surface area is 115 Å². The van der Waals surface area contributed by atoms with E-state index in [9.17, 15) is 0 Å². The van der Waals surface area contributed by atoms with Gasteiger partial charge in [-0.2, -0.15) is 0 Å². The van der Waals surface area contributed by atoms with Crippen molar-refractivity contribution in [2.45, 2.75) is 32.1 Å². The van der Waals surface area contributed by atoms with Crippen molar-refractivity contribution in [2.24, 2.45) is 5.92 Å². The van der Waals surface area contributed by atoms with Crippen LogP contribution in [0.1, 0.15) is 37.7 Å². The minimum Gasteiger partial charge on any atom is -0.496 e. The number of benzene rings is 1. The van der Waals surface area contributed by atoms with Crippen molar-refractivity contribution < 1.29 is 4.74 Å². The van der Waals surface area contributed by atoms with E-state index in [0.717, 1.165) is 23.9 Å². The molecule has 3 heteroatoms. The van der Waals surface area contributed by atoms with Crippen LogP contribution in [-0.2, 0) is 0 Å². The number of halogens is 1. The first-order valence-electron chi connectivity index (χ1n) is 6.80. The molecule has 2 nitrogen and oxygen atoms in total. The monoisotopic (exact) mass is 267 g/mol. The second kappa shape index (κ2) is 6.44. The lowest BCUT2D eigenvalue weighted by Gasteiger charge is -2.22. The summed E-state index contributed by atoms with van der Waals surface area (Å²) < 4.78 is 5.49. The third-order valence-corrected chi connectivity index (χ3v) is 4.14. The normalized spacial score (nSPS) is 23.3. The summed E-state index contributed by atoms with van der Waals surface area (Å²) in [5.41, 5.74) is 1.28. The van der Waals surface area contributed by atoms with Crippen LogP contribution in [0.4, 0.5) is 0 Å². The molecule has 2 atom stereocenters. The molecule has 1 saturated carbocycles. The molecule has 0 radical (unpaired) electrons. The standard InChI is InChI=1S/C15H22ClNO/c1-3-17-10-11-5-4-6-13(11)14-9-12(16)7-8-15(14)18-2/h7-9,11,13,17H,3-6,10H2,1-2H3. The summed E-state index contributed by atoms with van der Waals surface area (Å²) in [4.78, 5) is 0. The lowest BCUT2D eigenvalue weighted by atomic mass is 9.88. The molecule has 0 aromatic heterocycles. The summed E-state index contributed by atoms with van der Waals surface area (Å²) >= 11 is 6.13. The van der Waals surface area contributed by atoms with Gasteiger partial charge in [-0.25, -0.2) is 0 Å². The van der Waals surface area contributed by atoms with Crippen molar-refractivity contribution >= 4 is 11.6 Å². The van der Waals surface area contributed by atoms with E-state index in [1.807, 2.05) is 12.1 Å². The highest BCUT2D eigenvalue weighted by atomic mass is 35.5. The lowest BCUT2D eigenvalue weighted by molar-refractivity contribution is 0.390. The Morgan fingerprint density at radius 1 is 1.39 bits per heavy atom.